The van der Waals surface area contributed by atoms with E-state index in [0.717, 1.165) is 5.56 Å². The minimum Gasteiger partial charge on any atom is -0.458 e. The third kappa shape index (κ3) is 13.0. The second-order valence-electron chi connectivity index (χ2n) is 19.3. The molecular formula is C53H61F5N6O14. The van der Waals surface area contributed by atoms with Crippen molar-refractivity contribution in [3.8, 4) is 17.1 Å². The molecule has 1 unspecified atom stereocenters. The van der Waals surface area contributed by atoms with Crippen LogP contribution < -0.4 is 31.6 Å². The van der Waals surface area contributed by atoms with Crippen LogP contribution in [0.1, 0.15) is 99.2 Å². The van der Waals surface area contributed by atoms with E-state index in [1.165, 1.54) is 17.6 Å². The van der Waals surface area contributed by atoms with Gasteiger partial charge in [0.2, 0.25) is 41.0 Å². The molecule has 2 aliphatic heterocycles. The number of carbonyl (C=O) groups is 6. The van der Waals surface area contributed by atoms with Crippen LogP contribution in [0.25, 0.3) is 22.3 Å². The van der Waals surface area contributed by atoms with Crippen molar-refractivity contribution in [2.75, 3.05) is 59.4 Å². The summed E-state index contributed by atoms with van der Waals surface area (Å²) in [4.78, 5) is 96.1. The predicted molar refractivity (Wildman–Crippen MR) is 265 cm³/mol. The van der Waals surface area contributed by atoms with Crippen molar-refractivity contribution in [2.45, 2.75) is 110 Å². The molecule has 1 aliphatic carbocycles. The second kappa shape index (κ2) is 25.7. The molecule has 2 aromatic carbocycles. The standard InChI is InChI=1S/C53H61F5N6O14/c1-6-53(72)32-21-38-47-30(24-64(38)51(70)31(32)25-77-52(53)71)43-36(8-7-29-27(4)33(54)23-37(62-47)42(29)43)61-39(65)9-12-59-49(68)28(5)60-50(69)46(26(2)3)63-40(66)10-13-73-15-17-75-19-20-76-18-16-74-14-11-41(67)78-48-44(57)34(55)22-35(56)45(48)58/h21-23,26,28,36,46,72H,6-20,24-25H2,1-5H3,(H,59,68)(H,60,69)(H,61,65)(H,63,66)/t28-,36?,46-,53-/m0/s1. The number of fused-ring (bicyclic) bond motifs is 5. The average Bonchev–Trinajstić information content (AvgIpc) is 3.98. The summed E-state index contributed by atoms with van der Waals surface area (Å²) in [5.74, 6) is -13.5. The number of carbonyl (C=O) groups excluding carboxylic acids is 6. The summed E-state index contributed by atoms with van der Waals surface area (Å²) in [6.45, 7) is 8.47. The van der Waals surface area contributed by atoms with E-state index in [4.69, 9.17) is 28.7 Å². The number of ether oxygens (including phenoxy) is 6. The van der Waals surface area contributed by atoms with Crippen LogP contribution in [0, 0.1) is 41.9 Å². The van der Waals surface area contributed by atoms with E-state index in [9.17, 15) is 56.2 Å². The third-order valence-electron chi connectivity index (χ3n) is 13.7. The van der Waals surface area contributed by atoms with Gasteiger partial charge in [-0.05, 0) is 61.8 Å². The molecule has 4 atom stereocenters. The maximum atomic E-state index is 15.4. The van der Waals surface area contributed by atoms with Gasteiger partial charge in [0.05, 0.1) is 94.3 Å². The van der Waals surface area contributed by atoms with E-state index in [1.54, 1.807) is 33.8 Å². The molecule has 25 heteroatoms. The van der Waals surface area contributed by atoms with Gasteiger partial charge in [-0.25, -0.2) is 22.9 Å². The number of aliphatic hydroxyl groups is 1. The largest absolute Gasteiger partial charge is 0.458 e. The van der Waals surface area contributed by atoms with Crippen LogP contribution in [0.4, 0.5) is 22.0 Å². The molecule has 0 saturated heterocycles. The number of esters is 2. The fourth-order valence-corrected chi connectivity index (χ4v) is 9.46. The zero-order valence-electron chi connectivity index (χ0n) is 43.6. The Morgan fingerprint density at radius 3 is 2.05 bits per heavy atom. The number of cyclic esters (lactones) is 1. The first kappa shape index (κ1) is 58.7. The number of pyridine rings is 2. The Morgan fingerprint density at radius 2 is 1.42 bits per heavy atom. The molecule has 78 heavy (non-hydrogen) atoms. The first-order valence-electron chi connectivity index (χ1n) is 25.5. The van der Waals surface area contributed by atoms with Crippen LogP contribution in [0.3, 0.4) is 0 Å². The average molecular weight is 1100 g/mol. The van der Waals surface area contributed by atoms with Gasteiger partial charge in [-0.3, -0.25) is 28.8 Å². The lowest BCUT2D eigenvalue weighted by Crippen LogP contribution is -2.54. The molecule has 0 fully saturated rings. The number of rotatable bonds is 26. The number of nitrogens with zero attached hydrogens (tertiary/aromatic N) is 2. The van der Waals surface area contributed by atoms with E-state index in [1.807, 2.05) is 0 Å². The molecule has 4 heterocycles. The fourth-order valence-electron chi connectivity index (χ4n) is 9.46. The molecule has 5 N–H and O–H groups in total. The lowest BCUT2D eigenvalue weighted by Gasteiger charge is -2.31. The summed E-state index contributed by atoms with van der Waals surface area (Å²) < 4.78 is 102. The smallest absolute Gasteiger partial charge is 0.343 e. The van der Waals surface area contributed by atoms with Crippen molar-refractivity contribution in [2.24, 2.45) is 5.92 Å². The van der Waals surface area contributed by atoms with Gasteiger partial charge in [0.25, 0.3) is 5.56 Å². The highest BCUT2D eigenvalue weighted by atomic mass is 19.2. The Bertz CT molecular complexity index is 3020. The minimum absolute atomic E-state index is 0.00962. The van der Waals surface area contributed by atoms with Gasteiger partial charge in [-0.1, -0.05) is 20.8 Å². The number of hydrogen-bond acceptors (Lipinski definition) is 15. The summed E-state index contributed by atoms with van der Waals surface area (Å²) in [6.07, 6.45) is 0.0791. The van der Waals surface area contributed by atoms with E-state index >= 15 is 4.39 Å². The van der Waals surface area contributed by atoms with Crippen LogP contribution in [-0.4, -0.2) is 122 Å². The Labute approximate surface area is 444 Å². The summed E-state index contributed by atoms with van der Waals surface area (Å²) >= 11 is 0. The number of benzene rings is 2. The van der Waals surface area contributed by atoms with Crippen molar-refractivity contribution < 1.29 is 84.2 Å². The number of nitrogens with one attached hydrogen (secondary N) is 4. The highest BCUT2D eigenvalue weighted by Crippen LogP contribution is 2.46. The quantitative estimate of drug-likeness (QED) is 0.0174. The van der Waals surface area contributed by atoms with Crippen LogP contribution in [-0.2, 0) is 77.6 Å². The molecule has 4 amide bonds. The monoisotopic (exact) mass is 1100 g/mol. The van der Waals surface area contributed by atoms with E-state index in [0.29, 0.717) is 51.8 Å². The Hall–Kier alpha value is -6.93. The number of hydrogen-bond donors (Lipinski definition) is 5. The highest BCUT2D eigenvalue weighted by Gasteiger charge is 2.46. The molecule has 3 aliphatic rings. The maximum Gasteiger partial charge on any atom is 0.343 e. The van der Waals surface area contributed by atoms with Gasteiger partial charge in [0, 0.05) is 48.0 Å². The SMILES string of the molecule is CC[C@@]1(O)C(=O)OCc2c1cc1n(c2=O)Cc2c-1nc1cc(F)c(C)c3c1c2C(NC(=O)CCNC(=O)[C@H](C)NC(=O)[C@@H](NC(=O)CCOCCOCCOCCOCCC(=O)Oc1c(F)c(F)cc(F)c1F)C(C)C)CC3. The van der Waals surface area contributed by atoms with Crippen LogP contribution in [0.15, 0.2) is 23.0 Å². The number of amides is 4. The van der Waals surface area contributed by atoms with Crippen LogP contribution >= 0.6 is 0 Å². The highest BCUT2D eigenvalue weighted by molar-refractivity contribution is 5.95. The maximum absolute atomic E-state index is 15.4. The van der Waals surface area contributed by atoms with E-state index in [2.05, 4.69) is 26.0 Å². The summed E-state index contributed by atoms with van der Waals surface area (Å²) in [5, 5.41) is 23.0. The fraction of sp³-hybridized carbons (Fsp3) is 0.509. The van der Waals surface area contributed by atoms with Crippen LogP contribution in [0.2, 0.25) is 0 Å². The predicted octanol–water partition coefficient (Wildman–Crippen LogP) is 3.79. The molecular weight excluding hydrogens is 1040 g/mol. The zero-order chi connectivity index (χ0) is 56.6. The zero-order valence-corrected chi connectivity index (χ0v) is 43.6. The first-order valence-corrected chi connectivity index (χ1v) is 25.5. The van der Waals surface area contributed by atoms with Crippen LogP contribution in [0.5, 0.6) is 5.75 Å². The van der Waals surface area contributed by atoms with Crippen molar-refractivity contribution in [1.29, 1.82) is 0 Å². The summed E-state index contributed by atoms with van der Waals surface area (Å²) in [6, 6.07) is 0.254. The molecule has 0 bridgehead atoms. The Morgan fingerprint density at radius 1 is 0.795 bits per heavy atom. The van der Waals surface area contributed by atoms with Crippen molar-refractivity contribution in [3.05, 3.63) is 91.0 Å². The molecule has 2 aromatic heterocycles. The topological polar surface area (TPSA) is 261 Å². The Kier molecular flexibility index (Phi) is 19.3. The van der Waals surface area contributed by atoms with Gasteiger partial charge >= 0.3 is 11.9 Å². The van der Waals surface area contributed by atoms with Gasteiger partial charge in [-0.2, -0.15) is 8.78 Å². The van der Waals surface area contributed by atoms with Gasteiger partial charge in [0.15, 0.2) is 17.2 Å². The minimum atomic E-state index is -2.05. The van der Waals surface area contributed by atoms with Gasteiger partial charge in [0.1, 0.15) is 24.5 Å². The lowest BCUT2D eigenvalue weighted by atomic mass is 9.81. The molecule has 20 nitrogen and oxygen atoms in total. The number of aryl methyl sites for hydroxylation is 1. The molecule has 0 spiro atoms. The van der Waals surface area contributed by atoms with Crippen molar-refractivity contribution >= 4 is 46.5 Å². The summed E-state index contributed by atoms with van der Waals surface area (Å²) in [5.41, 5.74) is 1.27. The van der Waals surface area contributed by atoms with Gasteiger partial charge < -0.3 is 59.4 Å². The van der Waals surface area contributed by atoms with E-state index < -0.39 is 106 Å². The molecule has 0 saturated carbocycles. The second-order valence-corrected chi connectivity index (χ2v) is 19.3. The molecule has 0 radical (unpaired) electrons. The Balaban J connectivity index is 0.796. The van der Waals surface area contributed by atoms with Crippen molar-refractivity contribution in [1.82, 2.24) is 30.8 Å². The number of halogens is 5. The van der Waals surface area contributed by atoms with E-state index in [-0.39, 0.29) is 115 Å². The van der Waals surface area contributed by atoms with Gasteiger partial charge in [-0.15, -0.1) is 0 Å². The number of aromatic nitrogens is 2. The molecule has 422 valence electrons. The summed E-state index contributed by atoms with van der Waals surface area (Å²) in [7, 11) is 0. The first-order chi connectivity index (χ1) is 37.2. The molecule has 4 aromatic rings. The van der Waals surface area contributed by atoms with Crippen molar-refractivity contribution in [3.63, 3.8) is 0 Å². The third-order valence-corrected chi connectivity index (χ3v) is 13.7. The lowest BCUT2D eigenvalue weighted by molar-refractivity contribution is -0.172. The normalized spacial score (nSPS) is 16.9. The molecule has 7 rings (SSSR count).